The quantitative estimate of drug-likeness (QED) is 0.562. The fraction of sp³-hybridized carbons (Fsp3) is 0.160. The summed E-state index contributed by atoms with van der Waals surface area (Å²) in [6.45, 7) is 2.22. The van der Waals surface area contributed by atoms with E-state index >= 15 is 0 Å². The summed E-state index contributed by atoms with van der Waals surface area (Å²) in [4.78, 5) is 32.3. The maximum absolute atomic E-state index is 13.2. The van der Waals surface area contributed by atoms with Gasteiger partial charge in [0.05, 0.1) is 35.8 Å². The second kappa shape index (κ2) is 9.66. The molecular formula is C25H22ClN3O3. The van der Waals surface area contributed by atoms with Crippen molar-refractivity contribution in [2.45, 2.75) is 13.3 Å². The number of hydrogen-bond acceptors (Lipinski definition) is 4. The number of carbonyl (C=O) groups excluding carboxylic acids is 2. The van der Waals surface area contributed by atoms with E-state index in [0.29, 0.717) is 40.2 Å². The van der Waals surface area contributed by atoms with Crippen molar-refractivity contribution < 1.29 is 14.3 Å². The van der Waals surface area contributed by atoms with Crippen LogP contribution in [0.25, 0.3) is 0 Å². The molecule has 0 bridgehead atoms. The number of fused-ring (bicyclic) bond motifs is 1. The third-order valence-electron chi connectivity index (χ3n) is 4.99. The lowest BCUT2D eigenvalue weighted by Crippen LogP contribution is -2.38. The summed E-state index contributed by atoms with van der Waals surface area (Å²) in [5.74, 6) is 0.0476. The molecule has 0 saturated heterocycles. The summed E-state index contributed by atoms with van der Waals surface area (Å²) >= 11 is 6.00. The largest absolute Gasteiger partial charge is 0.492 e. The lowest BCUT2D eigenvalue weighted by Gasteiger charge is -2.22. The molecule has 3 aromatic carbocycles. The number of amides is 2. The molecule has 0 radical (unpaired) electrons. The predicted octanol–water partition coefficient (Wildman–Crippen LogP) is 5.23. The highest BCUT2D eigenvalue weighted by Gasteiger charge is 2.26. The van der Waals surface area contributed by atoms with Gasteiger partial charge in [-0.15, -0.1) is 0 Å². The first kappa shape index (κ1) is 21.6. The van der Waals surface area contributed by atoms with Gasteiger partial charge in [0.25, 0.3) is 0 Å². The Balaban J connectivity index is 1.59. The zero-order valence-corrected chi connectivity index (χ0v) is 18.3. The molecule has 7 heteroatoms. The van der Waals surface area contributed by atoms with Gasteiger partial charge in [-0.1, -0.05) is 48.0 Å². The van der Waals surface area contributed by atoms with Gasteiger partial charge in [-0.25, -0.2) is 0 Å². The topological polar surface area (TPSA) is 71.0 Å². The molecule has 162 valence electrons. The normalized spacial score (nSPS) is 13.1. The Labute approximate surface area is 191 Å². The van der Waals surface area contributed by atoms with Gasteiger partial charge >= 0.3 is 0 Å². The Kier molecular flexibility index (Phi) is 6.52. The second-order valence-corrected chi connectivity index (χ2v) is 7.62. The lowest BCUT2D eigenvalue weighted by atomic mass is 10.1. The molecule has 3 aromatic rings. The van der Waals surface area contributed by atoms with Gasteiger partial charge in [0.2, 0.25) is 11.8 Å². The zero-order valence-electron chi connectivity index (χ0n) is 17.5. The fourth-order valence-corrected chi connectivity index (χ4v) is 3.64. The number of benzene rings is 3. The van der Waals surface area contributed by atoms with Crippen LogP contribution in [0.4, 0.5) is 17.1 Å². The Morgan fingerprint density at radius 3 is 2.56 bits per heavy atom. The van der Waals surface area contributed by atoms with Crippen LogP contribution < -0.4 is 15.0 Å². The van der Waals surface area contributed by atoms with Crippen molar-refractivity contribution in [3.05, 3.63) is 83.4 Å². The number of ether oxygens (including phenoxy) is 1. The van der Waals surface area contributed by atoms with Gasteiger partial charge in [0, 0.05) is 5.02 Å². The number of nitrogens with one attached hydrogen (secondary N) is 1. The summed E-state index contributed by atoms with van der Waals surface area (Å²) < 4.78 is 5.57. The molecule has 1 heterocycles. The van der Waals surface area contributed by atoms with Gasteiger partial charge in [0.15, 0.2) is 0 Å². The Morgan fingerprint density at radius 2 is 1.78 bits per heavy atom. The number of anilines is 2. The molecule has 2 amide bonds. The fourth-order valence-electron chi connectivity index (χ4n) is 3.51. The highest BCUT2D eigenvalue weighted by atomic mass is 35.5. The number of aliphatic imine (C=N–C) groups is 1. The minimum Gasteiger partial charge on any atom is -0.492 e. The van der Waals surface area contributed by atoms with Gasteiger partial charge in [-0.2, -0.15) is 0 Å². The van der Waals surface area contributed by atoms with Gasteiger partial charge < -0.3 is 15.0 Å². The molecule has 0 aromatic heterocycles. The summed E-state index contributed by atoms with van der Waals surface area (Å²) in [6, 6.07) is 21.7. The highest BCUT2D eigenvalue weighted by Crippen LogP contribution is 2.33. The Hall–Kier alpha value is -3.64. The monoisotopic (exact) mass is 447 g/mol. The van der Waals surface area contributed by atoms with Crippen LogP contribution in [-0.4, -0.2) is 30.7 Å². The van der Waals surface area contributed by atoms with E-state index in [1.807, 2.05) is 49.4 Å². The average Bonchev–Trinajstić information content (AvgIpc) is 2.92. The van der Waals surface area contributed by atoms with E-state index in [0.717, 1.165) is 5.56 Å². The minimum atomic E-state index is -0.324. The lowest BCUT2D eigenvalue weighted by molar-refractivity contribution is -0.120. The first-order chi connectivity index (χ1) is 15.5. The van der Waals surface area contributed by atoms with Crippen molar-refractivity contribution in [2.24, 2.45) is 4.99 Å². The van der Waals surface area contributed by atoms with Crippen LogP contribution in [0.1, 0.15) is 18.9 Å². The van der Waals surface area contributed by atoms with Crippen LogP contribution >= 0.6 is 11.6 Å². The third kappa shape index (κ3) is 4.81. The number of hydrogen-bond donors (Lipinski definition) is 1. The molecule has 0 spiro atoms. The second-order valence-electron chi connectivity index (χ2n) is 7.19. The minimum absolute atomic E-state index is 0.0686. The van der Waals surface area contributed by atoms with E-state index in [9.17, 15) is 9.59 Å². The molecule has 1 aliphatic rings. The van der Waals surface area contributed by atoms with Crippen molar-refractivity contribution in [1.82, 2.24) is 0 Å². The number of rotatable bonds is 6. The van der Waals surface area contributed by atoms with E-state index in [1.165, 1.54) is 4.90 Å². The van der Waals surface area contributed by atoms with Crippen molar-refractivity contribution in [1.29, 1.82) is 0 Å². The summed E-state index contributed by atoms with van der Waals surface area (Å²) in [5, 5.41) is 3.47. The number of carbonyl (C=O) groups is 2. The Morgan fingerprint density at radius 1 is 1.06 bits per heavy atom. The van der Waals surface area contributed by atoms with Crippen molar-refractivity contribution >= 4 is 46.2 Å². The van der Waals surface area contributed by atoms with Gasteiger partial charge in [-0.05, 0) is 48.9 Å². The summed E-state index contributed by atoms with van der Waals surface area (Å²) in [5.41, 5.74) is 3.23. The molecule has 1 N–H and O–H groups in total. The maximum Gasteiger partial charge on any atom is 0.244 e. The van der Waals surface area contributed by atoms with Crippen molar-refractivity contribution in [3.8, 4) is 5.75 Å². The standard InChI is InChI=1S/C25H22ClN3O3/c1-2-32-23-10-6-4-8-20(23)28-24(30)16-29-22-9-5-3-7-19(22)27-21(15-25(29)31)17-11-13-18(26)14-12-17/h3-14H,2,15-16H2,1H3,(H,28,30). The predicted molar refractivity (Wildman–Crippen MR) is 127 cm³/mol. The molecule has 0 unspecified atom stereocenters. The summed E-state index contributed by atoms with van der Waals surface area (Å²) in [6.07, 6.45) is 0.0686. The van der Waals surface area contributed by atoms with Crippen molar-refractivity contribution in [2.75, 3.05) is 23.4 Å². The van der Waals surface area contributed by atoms with Crippen molar-refractivity contribution in [3.63, 3.8) is 0 Å². The van der Waals surface area contributed by atoms with E-state index < -0.39 is 0 Å². The molecule has 4 rings (SSSR count). The molecule has 0 fully saturated rings. The maximum atomic E-state index is 13.2. The molecule has 0 saturated carbocycles. The molecule has 32 heavy (non-hydrogen) atoms. The third-order valence-corrected chi connectivity index (χ3v) is 5.24. The van der Waals surface area contributed by atoms with Crippen LogP contribution in [0.3, 0.4) is 0 Å². The highest BCUT2D eigenvalue weighted by molar-refractivity contribution is 6.30. The van der Waals surface area contributed by atoms with E-state index in [1.54, 1.807) is 30.3 Å². The van der Waals surface area contributed by atoms with Crippen LogP contribution in [0.15, 0.2) is 77.8 Å². The van der Waals surface area contributed by atoms with Gasteiger partial charge in [0.1, 0.15) is 12.3 Å². The number of halogens is 1. The van der Waals surface area contributed by atoms with Crippen LogP contribution in [0.5, 0.6) is 5.75 Å². The smallest absolute Gasteiger partial charge is 0.244 e. The molecule has 1 aliphatic heterocycles. The number of nitrogens with zero attached hydrogens (tertiary/aromatic N) is 2. The van der Waals surface area contributed by atoms with E-state index in [-0.39, 0.29) is 24.8 Å². The van der Waals surface area contributed by atoms with Crippen LogP contribution in [-0.2, 0) is 9.59 Å². The molecule has 0 aliphatic carbocycles. The first-order valence-electron chi connectivity index (χ1n) is 10.3. The average molecular weight is 448 g/mol. The molecular weight excluding hydrogens is 426 g/mol. The first-order valence-corrected chi connectivity index (χ1v) is 10.7. The summed E-state index contributed by atoms with van der Waals surface area (Å²) in [7, 11) is 0. The Bertz CT molecular complexity index is 1180. The SMILES string of the molecule is CCOc1ccccc1NC(=O)CN1C(=O)CC(c2ccc(Cl)cc2)=Nc2ccccc21. The zero-order chi connectivity index (χ0) is 22.5. The van der Waals surface area contributed by atoms with Crippen LogP contribution in [0.2, 0.25) is 5.02 Å². The van der Waals surface area contributed by atoms with E-state index in [2.05, 4.69) is 5.32 Å². The van der Waals surface area contributed by atoms with Gasteiger partial charge in [-0.3, -0.25) is 14.6 Å². The molecule has 6 nitrogen and oxygen atoms in total. The number of para-hydroxylation sites is 4. The molecule has 0 atom stereocenters. The van der Waals surface area contributed by atoms with E-state index in [4.69, 9.17) is 21.3 Å². The van der Waals surface area contributed by atoms with Crippen LogP contribution in [0, 0.1) is 0 Å².